The van der Waals surface area contributed by atoms with Crippen LogP contribution in [0.25, 0.3) is 22.1 Å². The molecule has 6 nitrogen and oxygen atoms in total. The van der Waals surface area contributed by atoms with E-state index < -0.39 is 0 Å². The van der Waals surface area contributed by atoms with Gasteiger partial charge in [-0.1, -0.05) is 53.7 Å². The van der Waals surface area contributed by atoms with Crippen LogP contribution in [0.3, 0.4) is 0 Å². The summed E-state index contributed by atoms with van der Waals surface area (Å²) >= 11 is 1.68. The van der Waals surface area contributed by atoms with Gasteiger partial charge in [0.15, 0.2) is 5.65 Å². The monoisotopic (exact) mass is 433 g/mol. The number of benzene rings is 2. The number of ether oxygens (including phenoxy) is 1. The molecule has 1 fully saturated rings. The van der Waals surface area contributed by atoms with Gasteiger partial charge in [-0.3, -0.25) is 4.90 Å². The molecular weight excluding hydrogens is 406 g/mol. The summed E-state index contributed by atoms with van der Waals surface area (Å²) in [6.07, 6.45) is 0.955. The van der Waals surface area contributed by atoms with Crippen molar-refractivity contribution in [1.29, 1.82) is 0 Å². The van der Waals surface area contributed by atoms with Crippen molar-refractivity contribution in [2.45, 2.75) is 25.0 Å². The summed E-state index contributed by atoms with van der Waals surface area (Å²) in [4.78, 5) is 7.38. The Morgan fingerprint density at radius 2 is 1.84 bits per heavy atom. The minimum absolute atomic E-state index is 0.751. The Morgan fingerprint density at radius 1 is 1.00 bits per heavy atom. The van der Waals surface area contributed by atoms with Crippen LogP contribution in [-0.4, -0.2) is 63.2 Å². The van der Waals surface area contributed by atoms with E-state index in [1.165, 1.54) is 16.6 Å². The lowest BCUT2D eigenvalue weighted by Crippen LogP contribution is -2.37. The van der Waals surface area contributed by atoms with Crippen LogP contribution in [0, 0.1) is 6.92 Å². The van der Waals surface area contributed by atoms with Crippen molar-refractivity contribution in [2.24, 2.45) is 0 Å². The highest BCUT2D eigenvalue weighted by molar-refractivity contribution is 7.99. The Balaban J connectivity index is 1.41. The quantitative estimate of drug-likeness (QED) is 0.411. The summed E-state index contributed by atoms with van der Waals surface area (Å²) in [7, 11) is 0. The number of thioether (sulfide) groups is 1. The molecule has 1 saturated heterocycles. The average molecular weight is 434 g/mol. The molecule has 0 amide bonds. The Labute approximate surface area is 186 Å². The minimum Gasteiger partial charge on any atom is -0.379 e. The Morgan fingerprint density at radius 3 is 2.68 bits per heavy atom. The van der Waals surface area contributed by atoms with Crippen molar-refractivity contribution < 1.29 is 4.74 Å². The fourth-order valence-electron chi connectivity index (χ4n) is 4.12. The molecule has 5 rings (SSSR count). The molecule has 0 bridgehead atoms. The highest BCUT2D eigenvalue weighted by atomic mass is 32.2. The number of morpholine rings is 1. The first-order valence-electron chi connectivity index (χ1n) is 10.9. The molecule has 1 aliphatic rings. The molecule has 2 aromatic heterocycles. The highest BCUT2D eigenvalue weighted by Crippen LogP contribution is 2.28. The number of aryl methyl sites for hydroxylation is 3. The minimum atomic E-state index is 0.751. The summed E-state index contributed by atoms with van der Waals surface area (Å²) in [6.45, 7) is 7.67. The standard InChI is InChI=1S/C24H27N5OS/c1-18-7-8-21-20(17-18)22-23(29(21)10-9-19-5-3-2-4-6-19)25-24(27-26-22)31-16-13-28-11-14-30-15-12-28/h2-8,17H,9-16H2,1H3. The Hall–Kier alpha value is -2.48. The maximum atomic E-state index is 5.43. The van der Waals surface area contributed by atoms with Crippen LogP contribution < -0.4 is 0 Å². The van der Waals surface area contributed by atoms with E-state index >= 15 is 0 Å². The third-order valence-corrected chi connectivity index (χ3v) is 6.63. The van der Waals surface area contributed by atoms with Crippen molar-refractivity contribution in [3.63, 3.8) is 0 Å². The number of hydrogen-bond acceptors (Lipinski definition) is 6. The summed E-state index contributed by atoms with van der Waals surface area (Å²) in [6, 6.07) is 17.1. The van der Waals surface area contributed by atoms with Crippen molar-refractivity contribution in [1.82, 2.24) is 24.6 Å². The van der Waals surface area contributed by atoms with Crippen LogP contribution in [0.1, 0.15) is 11.1 Å². The zero-order valence-electron chi connectivity index (χ0n) is 17.8. The summed E-state index contributed by atoms with van der Waals surface area (Å²) in [5.74, 6) is 0.955. The lowest BCUT2D eigenvalue weighted by molar-refractivity contribution is 0.0410. The summed E-state index contributed by atoms with van der Waals surface area (Å²) in [5.41, 5.74) is 5.55. The molecule has 7 heteroatoms. The normalized spacial score (nSPS) is 15.1. The molecule has 0 N–H and O–H groups in total. The molecule has 4 aromatic rings. The number of nitrogens with zero attached hydrogens (tertiary/aromatic N) is 5. The molecule has 31 heavy (non-hydrogen) atoms. The van der Waals surface area contributed by atoms with Gasteiger partial charge in [0.2, 0.25) is 5.16 Å². The van der Waals surface area contributed by atoms with E-state index in [-0.39, 0.29) is 0 Å². The van der Waals surface area contributed by atoms with Gasteiger partial charge in [-0.05, 0) is 31.0 Å². The smallest absolute Gasteiger partial charge is 0.211 e. The molecule has 160 valence electrons. The van der Waals surface area contributed by atoms with Gasteiger partial charge in [0.05, 0.1) is 18.7 Å². The fraction of sp³-hybridized carbons (Fsp3) is 0.375. The van der Waals surface area contributed by atoms with E-state index in [2.05, 4.69) is 75.1 Å². The molecule has 0 aliphatic carbocycles. The van der Waals surface area contributed by atoms with Gasteiger partial charge in [0.25, 0.3) is 0 Å². The van der Waals surface area contributed by atoms with Crippen LogP contribution >= 0.6 is 11.8 Å². The second kappa shape index (κ2) is 9.34. The Kier molecular flexibility index (Phi) is 6.15. The van der Waals surface area contributed by atoms with Gasteiger partial charge < -0.3 is 9.30 Å². The molecule has 0 atom stereocenters. The third kappa shape index (κ3) is 4.59. The van der Waals surface area contributed by atoms with Gasteiger partial charge in [0, 0.05) is 37.3 Å². The predicted molar refractivity (Wildman–Crippen MR) is 126 cm³/mol. The molecule has 0 saturated carbocycles. The van der Waals surface area contributed by atoms with Gasteiger partial charge >= 0.3 is 0 Å². The maximum Gasteiger partial charge on any atom is 0.211 e. The fourth-order valence-corrected chi connectivity index (χ4v) is 4.90. The van der Waals surface area contributed by atoms with E-state index in [0.717, 1.165) is 73.3 Å². The number of fused-ring (bicyclic) bond motifs is 3. The largest absolute Gasteiger partial charge is 0.379 e. The molecule has 3 heterocycles. The average Bonchev–Trinajstić information content (AvgIpc) is 3.11. The number of rotatable bonds is 7. The third-order valence-electron chi connectivity index (χ3n) is 5.81. The van der Waals surface area contributed by atoms with Crippen LogP contribution in [0.15, 0.2) is 53.7 Å². The van der Waals surface area contributed by atoms with Crippen molar-refractivity contribution in [2.75, 3.05) is 38.6 Å². The molecule has 1 aliphatic heterocycles. The van der Waals surface area contributed by atoms with Gasteiger partial charge in [-0.15, -0.1) is 10.2 Å². The molecule has 2 aromatic carbocycles. The van der Waals surface area contributed by atoms with E-state index in [4.69, 9.17) is 9.72 Å². The predicted octanol–water partition coefficient (Wildman–Crippen LogP) is 3.95. The first kappa shape index (κ1) is 20.4. The van der Waals surface area contributed by atoms with Gasteiger partial charge in [-0.25, -0.2) is 4.98 Å². The van der Waals surface area contributed by atoms with Crippen molar-refractivity contribution in [3.8, 4) is 0 Å². The lowest BCUT2D eigenvalue weighted by atomic mass is 10.1. The van der Waals surface area contributed by atoms with E-state index in [0.29, 0.717) is 0 Å². The number of hydrogen-bond donors (Lipinski definition) is 0. The maximum absolute atomic E-state index is 5.43. The highest BCUT2D eigenvalue weighted by Gasteiger charge is 2.16. The molecular formula is C24H27N5OS. The van der Waals surface area contributed by atoms with Gasteiger partial charge in [-0.2, -0.15) is 0 Å². The van der Waals surface area contributed by atoms with E-state index in [1.54, 1.807) is 11.8 Å². The van der Waals surface area contributed by atoms with E-state index in [1.807, 2.05) is 0 Å². The van der Waals surface area contributed by atoms with Crippen LogP contribution in [0.5, 0.6) is 0 Å². The van der Waals surface area contributed by atoms with Crippen molar-refractivity contribution in [3.05, 3.63) is 59.7 Å². The summed E-state index contributed by atoms with van der Waals surface area (Å²) in [5, 5.41) is 10.9. The first-order chi connectivity index (χ1) is 15.3. The topological polar surface area (TPSA) is 56.1 Å². The van der Waals surface area contributed by atoms with Crippen LogP contribution in [0.4, 0.5) is 0 Å². The Bertz CT molecular complexity index is 1170. The zero-order valence-corrected chi connectivity index (χ0v) is 18.6. The molecule has 0 radical (unpaired) electrons. The lowest BCUT2D eigenvalue weighted by Gasteiger charge is -2.26. The molecule has 0 spiro atoms. The second-order valence-corrected chi connectivity index (χ2v) is 9.04. The van der Waals surface area contributed by atoms with E-state index in [9.17, 15) is 0 Å². The SMILES string of the molecule is Cc1ccc2c(c1)c1nnc(SCCN3CCOCC3)nc1n2CCc1ccccc1. The number of aromatic nitrogens is 4. The second-order valence-electron chi connectivity index (χ2n) is 7.98. The van der Waals surface area contributed by atoms with Crippen LogP contribution in [0.2, 0.25) is 0 Å². The van der Waals surface area contributed by atoms with Gasteiger partial charge in [0.1, 0.15) is 5.52 Å². The van der Waals surface area contributed by atoms with Crippen LogP contribution in [-0.2, 0) is 17.7 Å². The molecule has 0 unspecified atom stereocenters. The first-order valence-corrected chi connectivity index (χ1v) is 11.9. The summed E-state index contributed by atoms with van der Waals surface area (Å²) < 4.78 is 7.74. The zero-order chi connectivity index (χ0) is 21.0. The van der Waals surface area contributed by atoms with Crippen molar-refractivity contribution >= 4 is 33.8 Å².